The van der Waals surface area contributed by atoms with Crippen LogP contribution in [0.4, 0.5) is 0 Å². The van der Waals surface area contributed by atoms with Crippen LogP contribution in [0.2, 0.25) is 0 Å². The molecule has 0 unspecified atom stereocenters. The van der Waals surface area contributed by atoms with E-state index in [0.29, 0.717) is 25.5 Å². The second kappa shape index (κ2) is 7.92. The Labute approximate surface area is 140 Å². The quantitative estimate of drug-likeness (QED) is 0.885. The molecule has 0 atom stereocenters. The Bertz CT molecular complexity index is 661. The minimum atomic E-state index is 0.0424. The molecule has 2 aromatic rings. The number of amides is 1. The smallest absolute Gasteiger partial charge is 0.230 e. The lowest BCUT2D eigenvalue weighted by Gasteiger charge is -2.18. The molecule has 0 radical (unpaired) electrons. The lowest BCUT2D eigenvalue weighted by atomic mass is 10.2. The molecule has 3 rings (SSSR count). The molecule has 1 heterocycles. The van der Waals surface area contributed by atoms with Crippen molar-refractivity contribution in [2.45, 2.75) is 12.3 Å². The average molecular weight is 329 g/mol. The van der Waals surface area contributed by atoms with Crippen molar-refractivity contribution in [3.63, 3.8) is 0 Å². The van der Waals surface area contributed by atoms with Crippen LogP contribution >= 0.6 is 11.8 Å². The maximum atomic E-state index is 11.9. The Kier molecular flexibility index (Phi) is 5.42. The van der Waals surface area contributed by atoms with E-state index in [1.54, 1.807) is 11.8 Å². The third-order valence-corrected chi connectivity index (χ3v) is 4.44. The number of rotatable bonds is 6. The SMILES string of the molecule is O=C(CSCc1ccccc1)NCc1ccc2c(c1)OCCO2. The Morgan fingerprint density at radius 2 is 1.78 bits per heavy atom. The summed E-state index contributed by atoms with van der Waals surface area (Å²) in [5.41, 5.74) is 2.24. The first-order chi connectivity index (χ1) is 11.3. The number of fused-ring (bicyclic) bond motifs is 1. The number of thioether (sulfide) groups is 1. The van der Waals surface area contributed by atoms with Crippen LogP contribution in [-0.2, 0) is 17.1 Å². The molecule has 23 heavy (non-hydrogen) atoms. The molecule has 0 aliphatic carbocycles. The Hall–Kier alpha value is -2.14. The van der Waals surface area contributed by atoms with Crippen LogP contribution in [0.1, 0.15) is 11.1 Å². The molecular formula is C18H19NO3S. The number of nitrogens with one attached hydrogen (secondary N) is 1. The van der Waals surface area contributed by atoms with E-state index in [2.05, 4.69) is 17.4 Å². The molecule has 0 saturated heterocycles. The molecule has 0 fully saturated rings. The lowest BCUT2D eigenvalue weighted by Crippen LogP contribution is -2.24. The molecule has 1 aliphatic heterocycles. The maximum absolute atomic E-state index is 11.9. The van der Waals surface area contributed by atoms with E-state index in [-0.39, 0.29) is 5.91 Å². The molecule has 0 saturated carbocycles. The van der Waals surface area contributed by atoms with Crippen LogP contribution in [0.3, 0.4) is 0 Å². The van der Waals surface area contributed by atoms with E-state index in [9.17, 15) is 4.79 Å². The fourth-order valence-electron chi connectivity index (χ4n) is 2.29. The summed E-state index contributed by atoms with van der Waals surface area (Å²) in [5.74, 6) is 2.87. The lowest BCUT2D eigenvalue weighted by molar-refractivity contribution is -0.118. The van der Waals surface area contributed by atoms with Crippen LogP contribution in [0, 0.1) is 0 Å². The highest BCUT2D eigenvalue weighted by atomic mass is 32.2. The fourth-order valence-corrected chi connectivity index (χ4v) is 3.10. The average Bonchev–Trinajstić information content (AvgIpc) is 2.61. The van der Waals surface area contributed by atoms with Crippen molar-refractivity contribution < 1.29 is 14.3 Å². The van der Waals surface area contributed by atoms with Crippen molar-refractivity contribution in [2.75, 3.05) is 19.0 Å². The normalized spacial score (nSPS) is 12.7. The van der Waals surface area contributed by atoms with Gasteiger partial charge in [-0.3, -0.25) is 4.79 Å². The molecule has 5 heteroatoms. The summed E-state index contributed by atoms with van der Waals surface area (Å²) in [5, 5.41) is 2.94. The molecule has 1 N–H and O–H groups in total. The molecule has 1 aliphatic rings. The molecule has 2 aromatic carbocycles. The summed E-state index contributed by atoms with van der Waals surface area (Å²) in [4.78, 5) is 11.9. The molecule has 0 bridgehead atoms. The van der Waals surface area contributed by atoms with Gasteiger partial charge in [0.2, 0.25) is 5.91 Å². The van der Waals surface area contributed by atoms with Crippen molar-refractivity contribution in [2.24, 2.45) is 0 Å². The first-order valence-corrected chi connectivity index (χ1v) is 8.73. The minimum absolute atomic E-state index is 0.0424. The first-order valence-electron chi connectivity index (χ1n) is 7.58. The van der Waals surface area contributed by atoms with Gasteiger partial charge in [-0.25, -0.2) is 0 Å². The Morgan fingerprint density at radius 3 is 2.61 bits per heavy atom. The van der Waals surface area contributed by atoms with Crippen molar-refractivity contribution in [3.8, 4) is 11.5 Å². The van der Waals surface area contributed by atoms with Crippen molar-refractivity contribution in [3.05, 3.63) is 59.7 Å². The van der Waals surface area contributed by atoms with Crippen LogP contribution in [0.15, 0.2) is 48.5 Å². The summed E-state index contributed by atoms with van der Waals surface area (Å²) >= 11 is 1.62. The van der Waals surface area contributed by atoms with E-state index in [0.717, 1.165) is 22.8 Å². The van der Waals surface area contributed by atoms with E-state index >= 15 is 0 Å². The number of hydrogen-bond donors (Lipinski definition) is 1. The summed E-state index contributed by atoms with van der Waals surface area (Å²) in [6.45, 7) is 1.65. The number of ether oxygens (including phenoxy) is 2. The summed E-state index contributed by atoms with van der Waals surface area (Å²) in [7, 11) is 0. The van der Waals surface area contributed by atoms with Gasteiger partial charge in [-0.15, -0.1) is 11.8 Å². The van der Waals surface area contributed by atoms with Gasteiger partial charge in [-0.2, -0.15) is 0 Å². The zero-order valence-electron chi connectivity index (χ0n) is 12.8. The van der Waals surface area contributed by atoms with Crippen LogP contribution < -0.4 is 14.8 Å². The first kappa shape index (κ1) is 15.7. The molecule has 120 valence electrons. The number of carbonyl (C=O) groups excluding carboxylic acids is 1. The van der Waals surface area contributed by atoms with Gasteiger partial charge >= 0.3 is 0 Å². The topological polar surface area (TPSA) is 47.6 Å². The highest BCUT2D eigenvalue weighted by Crippen LogP contribution is 2.30. The van der Waals surface area contributed by atoms with E-state index in [1.807, 2.05) is 36.4 Å². The van der Waals surface area contributed by atoms with Gasteiger partial charge in [0.15, 0.2) is 11.5 Å². The Balaban J connectivity index is 1.42. The largest absolute Gasteiger partial charge is 0.486 e. The maximum Gasteiger partial charge on any atom is 0.230 e. The van der Waals surface area contributed by atoms with Crippen molar-refractivity contribution >= 4 is 17.7 Å². The van der Waals surface area contributed by atoms with Gasteiger partial charge in [0, 0.05) is 12.3 Å². The predicted octanol–water partition coefficient (Wildman–Crippen LogP) is 3.01. The standard InChI is InChI=1S/C18H19NO3S/c20-18(13-23-12-14-4-2-1-3-5-14)19-11-15-6-7-16-17(10-15)22-9-8-21-16/h1-7,10H,8-9,11-13H2,(H,19,20). The van der Waals surface area contributed by atoms with Gasteiger partial charge in [-0.05, 0) is 23.3 Å². The van der Waals surface area contributed by atoms with E-state index in [4.69, 9.17) is 9.47 Å². The molecule has 0 spiro atoms. The van der Waals surface area contributed by atoms with E-state index < -0.39 is 0 Å². The van der Waals surface area contributed by atoms with Crippen LogP contribution in [-0.4, -0.2) is 24.9 Å². The molecule has 1 amide bonds. The predicted molar refractivity (Wildman–Crippen MR) is 91.9 cm³/mol. The molecule has 0 aromatic heterocycles. The second-order valence-corrected chi connectivity index (χ2v) is 6.22. The minimum Gasteiger partial charge on any atom is -0.486 e. The number of benzene rings is 2. The van der Waals surface area contributed by atoms with E-state index in [1.165, 1.54) is 5.56 Å². The molecular weight excluding hydrogens is 310 g/mol. The zero-order chi connectivity index (χ0) is 15.9. The van der Waals surface area contributed by atoms with Gasteiger partial charge in [0.1, 0.15) is 13.2 Å². The highest BCUT2D eigenvalue weighted by molar-refractivity contribution is 7.99. The van der Waals surface area contributed by atoms with Gasteiger partial charge in [0.05, 0.1) is 5.75 Å². The molecule has 4 nitrogen and oxygen atoms in total. The third-order valence-electron chi connectivity index (χ3n) is 3.44. The summed E-state index contributed by atoms with van der Waals surface area (Å²) in [6.07, 6.45) is 0. The van der Waals surface area contributed by atoms with Crippen LogP contribution in [0.25, 0.3) is 0 Å². The van der Waals surface area contributed by atoms with Crippen LogP contribution in [0.5, 0.6) is 11.5 Å². The van der Waals surface area contributed by atoms with Crippen molar-refractivity contribution in [1.29, 1.82) is 0 Å². The zero-order valence-corrected chi connectivity index (χ0v) is 13.6. The number of carbonyl (C=O) groups is 1. The summed E-state index contributed by atoms with van der Waals surface area (Å²) in [6, 6.07) is 15.9. The van der Waals surface area contributed by atoms with Crippen molar-refractivity contribution in [1.82, 2.24) is 5.32 Å². The highest BCUT2D eigenvalue weighted by Gasteiger charge is 2.12. The van der Waals surface area contributed by atoms with Gasteiger partial charge in [-0.1, -0.05) is 36.4 Å². The second-order valence-electron chi connectivity index (χ2n) is 5.23. The summed E-state index contributed by atoms with van der Waals surface area (Å²) < 4.78 is 11.0. The Morgan fingerprint density at radius 1 is 1.00 bits per heavy atom. The van der Waals surface area contributed by atoms with Gasteiger partial charge < -0.3 is 14.8 Å². The third kappa shape index (κ3) is 4.66. The monoisotopic (exact) mass is 329 g/mol. The van der Waals surface area contributed by atoms with Gasteiger partial charge in [0.25, 0.3) is 0 Å². The fraction of sp³-hybridized carbons (Fsp3) is 0.278. The number of hydrogen-bond acceptors (Lipinski definition) is 4.